The number of hydrogen-bond acceptors (Lipinski definition) is 8. The van der Waals surface area contributed by atoms with Crippen LogP contribution < -0.4 is 5.32 Å². The highest BCUT2D eigenvalue weighted by Gasteiger charge is 2.28. The van der Waals surface area contributed by atoms with Crippen molar-refractivity contribution in [1.82, 2.24) is 5.32 Å². The molecule has 0 bridgehead atoms. The van der Waals surface area contributed by atoms with Gasteiger partial charge in [-0.2, -0.15) is 0 Å². The van der Waals surface area contributed by atoms with Gasteiger partial charge in [-0.1, -0.05) is 213 Å². The summed E-state index contributed by atoms with van der Waals surface area (Å²) < 4.78 is 26.9. The minimum atomic E-state index is -4.75. The predicted octanol–water partition coefficient (Wildman–Crippen LogP) is 12.3. The average molecular weight is 834 g/mol. The van der Waals surface area contributed by atoms with Gasteiger partial charge in [-0.15, -0.1) is 0 Å². The zero-order valence-corrected chi connectivity index (χ0v) is 37.6. The molecule has 0 rings (SSSR count). The Kier molecular flexibility index (Phi) is 40.1. The first-order valence-corrected chi connectivity index (χ1v) is 25.1. The smallest absolute Gasteiger partial charge is 0.472 e. The average Bonchev–Trinajstić information content (AvgIpc) is 3.18. The maximum Gasteiger partial charge on any atom is 0.472 e. The largest absolute Gasteiger partial charge is 0.480 e. The van der Waals surface area contributed by atoms with Crippen molar-refractivity contribution in [2.45, 2.75) is 251 Å². The quantitative estimate of drug-likeness (QED) is 0.0263. The number of hydrogen-bond donors (Lipinski definition) is 4. The topological polar surface area (TPSA) is 169 Å². The van der Waals surface area contributed by atoms with Crippen molar-refractivity contribution in [2.24, 2.45) is 0 Å². The molecule has 0 saturated heterocycles. The summed E-state index contributed by atoms with van der Waals surface area (Å²) in [5.74, 6) is -2.35. The summed E-state index contributed by atoms with van der Waals surface area (Å²) in [6.07, 6.45) is 39.8. The SMILES string of the molecule is CCCCCCCCCCCCCCCCCCCCC(=O)OCC(O)COP(=O)(O)OCC(NC(=O)CCCCCCCCCCCCCCCCC)C(=O)O. The van der Waals surface area contributed by atoms with Crippen LogP contribution in [0.1, 0.15) is 239 Å². The lowest BCUT2D eigenvalue weighted by atomic mass is 10.0. The van der Waals surface area contributed by atoms with E-state index in [0.29, 0.717) is 12.8 Å². The molecule has 4 N–H and O–H groups in total. The molecule has 12 heteroatoms. The molecule has 0 saturated carbocycles. The van der Waals surface area contributed by atoms with Gasteiger partial charge in [0.1, 0.15) is 12.7 Å². The molecular formula is C45H88NO10P. The van der Waals surface area contributed by atoms with E-state index < -0.39 is 57.6 Å². The molecule has 1 amide bonds. The highest BCUT2D eigenvalue weighted by molar-refractivity contribution is 7.47. The van der Waals surface area contributed by atoms with Crippen molar-refractivity contribution in [1.29, 1.82) is 0 Å². The van der Waals surface area contributed by atoms with E-state index >= 15 is 0 Å². The number of carbonyl (C=O) groups is 3. The minimum Gasteiger partial charge on any atom is -0.480 e. The van der Waals surface area contributed by atoms with Crippen LogP contribution in [0.3, 0.4) is 0 Å². The van der Waals surface area contributed by atoms with Gasteiger partial charge in [0, 0.05) is 12.8 Å². The van der Waals surface area contributed by atoms with Crippen molar-refractivity contribution in [3.05, 3.63) is 0 Å². The number of aliphatic hydroxyl groups excluding tert-OH is 1. The molecule has 57 heavy (non-hydrogen) atoms. The lowest BCUT2D eigenvalue weighted by Crippen LogP contribution is -2.43. The number of nitrogens with one attached hydrogen (secondary N) is 1. The first kappa shape index (κ1) is 55.5. The molecule has 0 aromatic heterocycles. The zero-order valence-electron chi connectivity index (χ0n) is 36.7. The normalized spacial score (nSPS) is 13.6. The number of carboxylic acid groups (broad SMARTS) is 1. The molecule has 0 aliphatic heterocycles. The van der Waals surface area contributed by atoms with Crippen LogP contribution >= 0.6 is 7.82 Å². The summed E-state index contributed by atoms with van der Waals surface area (Å²) in [5.41, 5.74) is 0. The van der Waals surface area contributed by atoms with E-state index in [9.17, 15) is 34.1 Å². The van der Waals surface area contributed by atoms with Gasteiger partial charge >= 0.3 is 19.8 Å². The van der Waals surface area contributed by atoms with Crippen LogP contribution in [0.15, 0.2) is 0 Å². The number of carboxylic acids is 1. The summed E-state index contributed by atoms with van der Waals surface area (Å²) in [7, 11) is -4.75. The standard InChI is InChI=1S/C45H88NO10P/c1-3-5-7-9-11-13-15-17-19-20-21-23-25-27-29-31-33-35-37-44(49)54-38-41(47)39-55-57(52,53)56-40-42(45(50)51)46-43(48)36-34-32-30-28-26-24-22-18-16-14-12-10-8-6-4-2/h41-42,47H,3-40H2,1-2H3,(H,46,48)(H,50,51)(H,52,53). The Bertz CT molecular complexity index is 984. The van der Waals surface area contributed by atoms with E-state index in [4.69, 9.17) is 13.8 Å². The van der Waals surface area contributed by atoms with Crippen molar-refractivity contribution in [3.63, 3.8) is 0 Å². The molecule has 3 unspecified atom stereocenters. The number of rotatable bonds is 45. The fourth-order valence-electron chi connectivity index (χ4n) is 6.96. The number of amides is 1. The Labute approximate surface area is 348 Å². The minimum absolute atomic E-state index is 0.153. The molecular weight excluding hydrogens is 745 g/mol. The monoisotopic (exact) mass is 834 g/mol. The van der Waals surface area contributed by atoms with E-state index in [-0.39, 0.29) is 12.8 Å². The second-order valence-electron chi connectivity index (χ2n) is 16.3. The molecule has 3 atom stereocenters. The van der Waals surface area contributed by atoms with Gasteiger partial charge in [-0.25, -0.2) is 9.36 Å². The number of phosphoric acid groups is 1. The van der Waals surface area contributed by atoms with E-state index in [1.165, 1.54) is 161 Å². The Balaban J connectivity index is 3.82. The molecule has 0 aromatic carbocycles. The van der Waals surface area contributed by atoms with Gasteiger partial charge in [0.05, 0.1) is 13.2 Å². The molecule has 0 aromatic rings. The number of aliphatic carboxylic acids is 1. The summed E-state index contributed by atoms with van der Waals surface area (Å²) in [6, 6.07) is -1.54. The summed E-state index contributed by atoms with van der Waals surface area (Å²) in [5, 5.41) is 21.9. The number of carbonyl (C=O) groups excluding carboxylic acids is 2. The van der Waals surface area contributed by atoms with Crippen LogP contribution in [0.2, 0.25) is 0 Å². The van der Waals surface area contributed by atoms with Crippen molar-refractivity contribution < 1.29 is 47.8 Å². The van der Waals surface area contributed by atoms with Gasteiger partial charge in [0.2, 0.25) is 5.91 Å². The Hall–Kier alpha value is -1.52. The van der Waals surface area contributed by atoms with Gasteiger partial charge in [-0.3, -0.25) is 18.6 Å². The fraction of sp³-hybridized carbons (Fsp3) is 0.933. The van der Waals surface area contributed by atoms with Crippen LogP contribution in [-0.4, -0.2) is 64.9 Å². The number of phosphoric ester groups is 1. The van der Waals surface area contributed by atoms with E-state index in [1.807, 2.05) is 0 Å². The molecule has 0 fully saturated rings. The lowest BCUT2D eigenvalue weighted by Gasteiger charge is -2.18. The van der Waals surface area contributed by atoms with E-state index in [0.717, 1.165) is 38.5 Å². The maximum atomic E-state index is 12.3. The molecule has 0 radical (unpaired) electrons. The predicted molar refractivity (Wildman–Crippen MR) is 231 cm³/mol. The summed E-state index contributed by atoms with van der Waals surface area (Å²) >= 11 is 0. The first-order valence-electron chi connectivity index (χ1n) is 23.6. The van der Waals surface area contributed by atoms with Gasteiger partial charge in [0.15, 0.2) is 6.04 Å². The number of unbranched alkanes of at least 4 members (excludes halogenated alkanes) is 31. The molecule has 0 heterocycles. The second-order valence-corrected chi connectivity index (χ2v) is 17.8. The Morgan fingerprint density at radius 2 is 0.807 bits per heavy atom. The number of ether oxygens (including phenoxy) is 1. The van der Waals surface area contributed by atoms with E-state index in [2.05, 4.69) is 19.2 Å². The zero-order chi connectivity index (χ0) is 42.1. The number of esters is 1. The van der Waals surface area contributed by atoms with Gasteiger partial charge in [-0.05, 0) is 12.8 Å². The Morgan fingerprint density at radius 3 is 1.16 bits per heavy atom. The molecule has 338 valence electrons. The van der Waals surface area contributed by atoms with E-state index in [1.54, 1.807) is 0 Å². The molecule has 0 spiro atoms. The summed E-state index contributed by atoms with van der Waals surface area (Å²) in [4.78, 5) is 46.0. The lowest BCUT2D eigenvalue weighted by molar-refractivity contribution is -0.147. The third kappa shape index (κ3) is 41.0. The maximum absolute atomic E-state index is 12.3. The third-order valence-electron chi connectivity index (χ3n) is 10.6. The highest BCUT2D eigenvalue weighted by atomic mass is 31.2. The van der Waals surface area contributed by atoms with Crippen molar-refractivity contribution >= 4 is 25.7 Å². The fourth-order valence-corrected chi connectivity index (χ4v) is 7.74. The van der Waals surface area contributed by atoms with Crippen molar-refractivity contribution in [3.8, 4) is 0 Å². The molecule has 11 nitrogen and oxygen atoms in total. The van der Waals surface area contributed by atoms with Gasteiger partial charge in [0.25, 0.3) is 0 Å². The van der Waals surface area contributed by atoms with Crippen LogP contribution in [0.25, 0.3) is 0 Å². The highest BCUT2D eigenvalue weighted by Crippen LogP contribution is 2.43. The number of aliphatic hydroxyl groups is 1. The first-order chi connectivity index (χ1) is 27.6. The van der Waals surface area contributed by atoms with Gasteiger partial charge < -0.3 is 25.2 Å². The second kappa shape index (κ2) is 41.2. The van der Waals surface area contributed by atoms with Crippen LogP contribution in [0.4, 0.5) is 0 Å². The third-order valence-corrected chi connectivity index (χ3v) is 11.6. The van der Waals surface area contributed by atoms with Crippen LogP contribution in [-0.2, 0) is 32.7 Å². The van der Waals surface area contributed by atoms with Crippen LogP contribution in [0, 0.1) is 0 Å². The van der Waals surface area contributed by atoms with Crippen molar-refractivity contribution in [2.75, 3.05) is 19.8 Å². The van der Waals surface area contributed by atoms with Crippen LogP contribution in [0.5, 0.6) is 0 Å². The Morgan fingerprint density at radius 1 is 0.491 bits per heavy atom. The summed E-state index contributed by atoms with van der Waals surface area (Å²) in [6.45, 7) is 2.63. The molecule has 0 aliphatic rings. The molecule has 0 aliphatic carbocycles.